The number of nitrogens with zero attached hydrogens (tertiary/aromatic N) is 3. The van der Waals surface area contributed by atoms with Crippen molar-refractivity contribution in [1.82, 2.24) is 0 Å². The molecule has 0 spiro atoms. The van der Waals surface area contributed by atoms with E-state index in [0.717, 1.165) is 79.0 Å². The zero-order chi connectivity index (χ0) is 56.5. The summed E-state index contributed by atoms with van der Waals surface area (Å²) in [5.74, 6) is 0. The van der Waals surface area contributed by atoms with Gasteiger partial charge in [0, 0.05) is 51.2 Å². The third-order valence-electron chi connectivity index (χ3n) is 16.5. The van der Waals surface area contributed by atoms with E-state index in [-0.39, 0.29) is 0 Å². The van der Waals surface area contributed by atoms with E-state index in [4.69, 9.17) is 0 Å². The molecule has 0 amide bonds. The van der Waals surface area contributed by atoms with Crippen molar-refractivity contribution in [1.29, 1.82) is 0 Å². The highest BCUT2D eigenvalue weighted by Gasteiger charge is 2.25. The average Bonchev–Trinajstić information content (AvgIpc) is 2.35. The minimum atomic E-state index is 1.07. The van der Waals surface area contributed by atoms with Gasteiger partial charge < -0.3 is 14.7 Å². The van der Waals surface area contributed by atoms with Crippen LogP contribution in [0.25, 0.3) is 87.6 Å². The Labute approximate surface area is 496 Å². The van der Waals surface area contributed by atoms with Crippen molar-refractivity contribution in [3.05, 3.63) is 346 Å². The predicted molar refractivity (Wildman–Crippen MR) is 362 cm³/mol. The molecule has 0 N–H and O–H groups in total. The Morgan fingerprint density at radius 2 is 0.506 bits per heavy atom. The first kappa shape index (κ1) is 50.7. The maximum atomic E-state index is 2.48. The van der Waals surface area contributed by atoms with Gasteiger partial charge in [0.25, 0.3) is 0 Å². The lowest BCUT2D eigenvalue weighted by Crippen LogP contribution is -2.10. The van der Waals surface area contributed by atoms with Crippen molar-refractivity contribution < 1.29 is 0 Å². The highest BCUT2D eigenvalue weighted by Crippen LogP contribution is 2.52. The molecule has 0 unspecified atom stereocenters. The van der Waals surface area contributed by atoms with E-state index in [1.54, 1.807) is 0 Å². The van der Waals surface area contributed by atoms with Gasteiger partial charge in [-0.15, -0.1) is 0 Å². The Hall–Kier alpha value is -11.3. The van der Waals surface area contributed by atoms with Gasteiger partial charge in [-0.2, -0.15) is 0 Å². The lowest BCUT2D eigenvalue weighted by molar-refractivity contribution is 1.28. The van der Waals surface area contributed by atoms with Crippen molar-refractivity contribution in [3.63, 3.8) is 0 Å². The van der Waals surface area contributed by atoms with Gasteiger partial charge >= 0.3 is 0 Å². The topological polar surface area (TPSA) is 9.72 Å². The molecule has 3 nitrogen and oxygen atoms in total. The lowest BCUT2D eigenvalue weighted by atomic mass is 9.81. The first-order chi connectivity index (χ1) is 42.2. The minimum absolute atomic E-state index is 1.07. The van der Waals surface area contributed by atoms with E-state index in [9.17, 15) is 0 Å². The maximum Gasteiger partial charge on any atom is 0.0468 e. The molecule has 0 heterocycles. The van der Waals surface area contributed by atoms with Crippen molar-refractivity contribution in [2.75, 3.05) is 14.7 Å². The molecule has 0 saturated heterocycles. The van der Waals surface area contributed by atoms with E-state index in [1.807, 2.05) is 0 Å². The molecule has 0 radical (unpaired) electrons. The minimum Gasteiger partial charge on any atom is -0.311 e. The Morgan fingerprint density at radius 3 is 1.02 bits per heavy atom. The zero-order valence-corrected chi connectivity index (χ0v) is 46.8. The van der Waals surface area contributed by atoms with Crippen molar-refractivity contribution >= 4 is 94.3 Å². The Balaban J connectivity index is 1.04. The number of hydrogen-bond acceptors (Lipinski definition) is 3. The second-order valence-electron chi connectivity index (χ2n) is 21.6. The van der Waals surface area contributed by atoms with Gasteiger partial charge in [0.2, 0.25) is 0 Å². The molecule has 0 aromatic heterocycles. The molecule has 3 heteroatoms. The van der Waals surface area contributed by atoms with Gasteiger partial charge in [-0.3, -0.25) is 0 Å². The van der Waals surface area contributed by atoms with Gasteiger partial charge in [-0.25, -0.2) is 0 Å². The highest BCUT2D eigenvalue weighted by molar-refractivity contribution is 6.33. The van der Waals surface area contributed by atoms with Crippen molar-refractivity contribution in [2.45, 2.75) is 0 Å². The van der Waals surface area contributed by atoms with E-state index in [0.29, 0.717) is 0 Å². The summed E-state index contributed by atoms with van der Waals surface area (Å²) in [6, 6.07) is 126. The van der Waals surface area contributed by atoms with Crippen LogP contribution >= 0.6 is 0 Å². The normalized spacial score (nSPS) is 11.3. The predicted octanol–water partition coefficient (Wildman–Crippen LogP) is 23.4. The highest BCUT2D eigenvalue weighted by atomic mass is 15.2. The van der Waals surface area contributed by atoms with E-state index in [2.05, 4.69) is 360 Å². The van der Waals surface area contributed by atoms with Crippen LogP contribution in [0, 0.1) is 0 Å². The molecule has 0 bridgehead atoms. The molecule has 85 heavy (non-hydrogen) atoms. The van der Waals surface area contributed by atoms with Gasteiger partial charge in [0.15, 0.2) is 0 Å². The summed E-state index contributed by atoms with van der Waals surface area (Å²) < 4.78 is 0. The zero-order valence-electron chi connectivity index (χ0n) is 46.8. The molecule has 0 aliphatic heterocycles. The van der Waals surface area contributed by atoms with Crippen LogP contribution in [0.3, 0.4) is 0 Å². The second kappa shape index (κ2) is 22.2. The third kappa shape index (κ3) is 9.60. The molecular formula is C82H57N3. The molecule has 0 aliphatic rings. The molecule has 0 atom stereocenters. The summed E-state index contributed by atoms with van der Waals surface area (Å²) in [6.07, 6.45) is 0. The smallest absolute Gasteiger partial charge is 0.0468 e. The molecule has 0 aliphatic carbocycles. The number of fused-ring (bicyclic) bond motifs is 7. The van der Waals surface area contributed by atoms with Crippen LogP contribution in [0.4, 0.5) is 51.2 Å². The Morgan fingerprint density at radius 1 is 0.165 bits per heavy atom. The van der Waals surface area contributed by atoms with Gasteiger partial charge in [0.05, 0.1) is 0 Å². The Kier molecular flexibility index (Phi) is 13.3. The third-order valence-corrected chi connectivity index (χ3v) is 16.5. The number of para-hydroxylation sites is 5. The van der Waals surface area contributed by atoms with Gasteiger partial charge in [-0.05, 0) is 209 Å². The number of anilines is 9. The van der Waals surface area contributed by atoms with Crippen LogP contribution in [0.2, 0.25) is 0 Å². The van der Waals surface area contributed by atoms with Crippen LogP contribution in [0.15, 0.2) is 346 Å². The quantitative estimate of drug-likeness (QED) is 0.107. The fourth-order valence-electron chi connectivity index (χ4n) is 12.6. The molecule has 0 saturated carbocycles. The largest absolute Gasteiger partial charge is 0.311 e. The van der Waals surface area contributed by atoms with Gasteiger partial charge in [0.1, 0.15) is 0 Å². The molecule has 15 rings (SSSR count). The van der Waals surface area contributed by atoms with E-state index >= 15 is 0 Å². The number of benzene rings is 15. The molecule has 400 valence electrons. The number of hydrogen-bond donors (Lipinski definition) is 0. The van der Waals surface area contributed by atoms with Crippen LogP contribution in [-0.2, 0) is 0 Å². The fraction of sp³-hybridized carbons (Fsp3) is 0. The monoisotopic (exact) mass is 1080 g/mol. The average molecular weight is 1080 g/mol. The SMILES string of the molecule is c1ccc(-c2ccc3c(c2)c2cc(N(c4ccccc4)c4ccc5ccccc5c4)ccc2c2c(-c4ccc(N(c5ccccc5)c5ccccc5)cc4)c(-c4ccccc4)cc(-c4ccc(N(c5ccccc5)c5ccccc5)cc4)c32)cc1. The Bertz CT molecular complexity index is 4750. The second-order valence-corrected chi connectivity index (χ2v) is 21.6. The molecular weight excluding hydrogens is 1030 g/mol. The van der Waals surface area contributed by atoms with E-state index in [1.165, 1.54) is 59.8 Å². The summed E-state index contributed by atoms with van der Waals surface area (Å²) in [6.45, 7) is 0. The van der Waals surface area contributed by atoms with Crippen molar-refractivity contribution in [3.8, 4) is 44.5 Å². The summed E-state index contributed by atoms with van der Waals surface area (Å²) in [4.78, 5) is 7.09. The summed E-state index contributed by atoms with van der Waals surface area (Å²) in [5, 5.41) is 9.52. The lowest BCUT2D eigenvalue weighted by Gasteiger charge is -2.28. The summed E-state index contributed by atoms with van der Waals surface area (Å²) >= 11 is 0. The molecule has 0 fully saturated rings. The van der Waals surface area contributed by atoms with Crippen LogP contribution in [-0.4, -0.2) is 0 Å². The van der Waals surface area contributed by atoms with Crippen LogP contribution in [0.1, 0.15) is 0 Å². The van der Waals surface area contributed by atoms with E-state index < -0.39 is 0 Å². The molecule has 15 aromatic rings. The first-order valence-electron chi connectivity index (χ1n) is 29.1. The van der Waals surface area contributed by atoms with Gasteiger partial charge in [-0.1, -0.05) is 224 Å². The molecule has 15 aromatic carbocycles. The first-order valence-corrected chi connectivity index (χ1v) is 29.1. The summed E-state index contributed by atoms with van der Waals surface area (Å²) in [7, 11) is 0. The maximum absolute atomic E-state index is 2.48. The standard InChI is InChI=1S/C82H57N3/c1-8-24-58(25-9-1)64-45-52-74-78(55-64)79-56-73(85(69-38-20-7-21-39-69)72-50-40-59-26-22-23-29-63(59)54-72)51-53-75(79)82-80(62-43-48-71(49-44-62)84(67-34-16-5-17-35-67)68-36-18-6-19-37-68)76(60-27-10-2-11-28-60)57-77(81(74)82)61-41-46-70(47-42-61)83(65-30-12-3-13-31-65)66-32-14-4-15-33-66/h1-57H. The van der Waals surface area contributed by atoms with Crippen molar-refractivity contribution in [2.24, 2.45) is 0 Å². The number of rotatable bonds is 13. The fourth-order valence-corrected chi connectivity index (χ4v) is 12.6. The van der Waals surface area contributed by atoms with Crippen LogP contribution < -0.4 is 14.7 Å². The summed E-state index contributed by atoms with van der Waals surface area (Å²) in [5.41, 5.74) is 19.0. The van der Waals surface area contributed by atoms with Crippen LogP contribution in [0.5, 0.6) is 0 Å².